The Kier molecular flexibility index (Phi) is 5.20. The molecule has 108 valence electrons. The minimum atomic E-state index is -0.605. The molecule has 0 saturated carbocycles. The summed E-state index contributed by atoms with van der Waals surface area (Å²) in [5.41, 5.74) is 0.403. The molecule has 0 unspecified atom stereocenters. The van der Waals surface area contributed by atoms with Crippen molar-refractivity contribution in [3.05, 3.63) is 42.5 Å². The Morgan fingerprint density at radius 3 is 2.65 bits per heavy atom. The Balaban J connectivity index is 2.02. The number of nitrogens with zero attached hydrogens (tertiary/aromatic N) is 3. The van der Waals surface area contributed by atoms with Gasteiger partial charge in [0.1, 0.15) is 0 Å². The lowest BCUT2D eigenvalue weighted by Crippen LogP contribution is -2.29. The molecule has 0 amide bonds. The zero-order valence-corrected chi connectivity index (χ0v) is 12.8. The van der Waals surface area contributed by atoms with Crippen molar-refractivity contribution in [2.24, 2.45) is 0 Å². The Morgan fingerprint density at radius 2 is 2.00 bits per heavy atom. The summed E-state index contributed by atoms with van der Waals surface area (Å²) >= 11 is 1.60. The second kappa shape index (κ2) is 6.90. The van der Waals surface area contributed by atoms with Gasteiger partial charge in [0.15, 0.2) is 5.16 Å². The van der Waals surface area contributed by atoms with Crippen LogP contribution in [0.2, 0.25) is 0 Å². The Morgan fingerprint density at radius 1 is 1.20 bits per heavy atom. The van der Waals surface area contributed by atoms with E-state index < -0.39 is 5.60 Å². The van der Waals surface area contributed by atoms with Crippen molar-refractivity contribution in [3.8, 4) is 0 Å². The molecule has 2 rings (SSSR count). The Labute approximate surface area is 124 Å². The minimum absolute atomic E-state index is 0.605. The van der Waals surface area contributed by atoms with Crippen LogP contribution >= 0.6 is 11.8 Å². The lowest BCUT2D eigenvalue weighted by atomic mass is 10.0. The van der Waals surface area contributed by atoms with Gasteiger partial charge < -0.3 is 9.67 Å². The summed E-state index contributed by atoms with van der Waals surface area (Å²) in [5, 5.41) is 11.3. The van der Waals surface area contributed by atoms with Crippen LogP contribution in [0.3, 0.4) is 0 Å². The Bertz CT molecular complexity index is 523. The molecule has 0 aliphatic rings. The Hall–Kier alpha value is -1.33. The molecule has 20 heavy (non-hydrogen) atoms. The number of rotatable bonds is 7. The molecule has 2 aromatic heterocycles. The summed E-state index contributed by atoms with van der Waals surface area (Å²) in [6.45, 7) is 4.74. The largest absolute Gasteiger partial charge is 0.389 e. The van der Waals surface area contributed by atoms with Crippen LogP contribution in [-0.4, -0.2) is 31.0 Å². The topological polar surface area (TPSA) is 50.9 Å². The second-order valence-electron chi connectivity index (χ2n) is 4.88. The fraction of sp³-hybridized carbons (Fsp3) is 0.467. The maximum absolute atomic E-state index is 10.3. The highest BCUT2D eigenvalue weighted by atomic mass is 32.2. The number of hydrogen-bond acceptors (Lipinski definition) is 4. The molecule has 0 atom stereocenters. The first kappa shape index (κ1) is 15.1. The van der Waals surface area contributed by atoms with Crippen LogP contribution in [0, 0.1) is 0 Å². The van der Waals surface area contributed by atoms with Crippen molar-refractivity contribution in [1.82, 2.24) is 14.5 Å². The number of aliphatic hydroxyl groups is 1. The van der Waals surface area contributed by atoms with Crippen LogP contribution in [0.25, 0.3) is 0 Å². The van der Waals surface area contributed by atoms with Gasteiger partial charge in [-0.25, -0.2) is 4.98 Å². The quantitative estimate of drug-likeness (QED) is 0.797. The standard InChI is InChI=1S/C15H21N3OS/c1-3-15(19,4-2)12-20-14-17-9-10-18(14)11-13-7-5-6-8-16-13/h5-10,19H,3-4,11-12H2,1-2H3. The van der Waals surface area contributed by atoms with Gasteiger partial charge in [-0.2, -0.15) is 0 Å². The smallest absolute Gasteiger partial charge is 0.168 e. The molecule has 0 bridgehead atoms. The summed E-state index contributed by atoms with van der Waals surface area (Å²) in [6, 6.07) is 5.90. The van der Waals surface area contributed by atoms with Gasteiger partial charge in [-0.1, -0.05) is 31.7 Å². The molecule has 2 heterocycles. The molecule has 0 aromatic carbocycles. The molecule has 5 heteroatoms. The highest BCUT2D eigenvalue weighted by Gasteiger charge is 2.23. The zero-order chi connectivity index (χ0) is 14.4. The molecule has 0 aliphatic carbocycles. The van der Waals surface area contributed by atoms with E-state index in [-0.39, 0.29) is 0 Å². The van der Waals surface area contributed by atoms with Gasteiger partial charge >= 0.3 is 0 Å². The number of imidazole rings is 1. The van der Waals surface area contributed by atoms with E-state index in [1.54, 1.807) is 24.2 Å². The number of hydrogen-bond donors (Lipinski definition) is 1. The number of pyridine rings is 1. The highest BCUT2D eigenvalue weighted by molar-refractivity contribution is 7.99. The van der Waals surface area contributed by atoms with E-state index in [0.717, 1.165) is 23.7 Å². The van der Waals surface area contributed by atoms with E-state index in [9.17, 15) is 5.11 Å². The molecule has 0 saturated heterocycles. The van der Waals surface area contributed by atoms with Crippen molar-refractivity contribution >= 4 is 11.8 Å². The van der Waals surface area contributed by atoms with Crippen molar-refractivity contribution in [2.45, 2.75) is 44.0 Å². The highest BCUT2D eigenvalue weighted by Crippen LogP contribution is 2.26. The predicted molar refractivity (Wildman–Crippen MR) is 81.8 cm³/mol. The molecule has 0 aliphatic heterocycles. The van der Waals surface area contributed by atoms with Crippen LogP contribution in [-0.2, 0) is 6.54 Å². The zero-order valence-electron chi connectivity index (χ0n) is 12.0. The minimum Gasteiger partial charge on any atom is -0.389 e. The van der Waals surface area contributed by atoms with E-state index in [0.29, 0.717) is 12.3 Å². The summed E-state index contributed by atoms with van der Waals surface area (Å²) < 4.78 is 2.07. The predicted octanol–water partition coefficient (Wildman–Crippen LogP) is 2.97. The normalized spacial score (nSPS) is 11.8. The molecule has 2 aromatic rings. The van der Waals surface area contributed by atoms with Crippen LogP contribution in [0.5, 0.6) is 0 Å². The van der Waals surface area contributed by atoms with Crippen LogP contribution in [0.4, 0.5) is 0 Å². The monoisotopic (exact) mass is 291 g/mol. The van der Waals surface area contributed by atoms with Gasteiger partial charge in [0.2, 0.25) is 0 Å². The first-order valence-electron chi connectivity index (χ1n) is 6.93. The third-order valence-corrected chi connectivity index (χ3v) is 4.80. The van der Waals surface area contributed by atoms with Gasteiger partial charge in [-0.05, 0) is 25.0 Å². The van der Waals surface area contributed by atoms with Gasteiger partial charge in [0.25, 0.3) is 0 Å². The summed E-state index contributed by atoms with van der Waals surface area (Å²) in [7, 11) is 0. The third kappa shape index (κ3) is 3.84. The van der Waals surface area contributed by atoms with Crippen LogP contribution in [0.1, 0.15) is 32.4 Å². The van der Waals surface area contributed by atoms with Crippen LogP contribution < -0.4 is 0 Å². The molecular formula is C15H21N3OS. The average molecular weight is 291 g/mol. The molecular weight excluding hydrogens is 270 g/mol. The van der Waals surface area contributed by atoms with E-state index in [1.807, 2.05) is 38.2 Å². The fourth-order valence-corrected chi connectivity index (χ4v) is 3.11. The maximum atomic E-state index is 10.3. The summed E-state index contributed by atoms with van der Waals surface area (Å²) in [4.78, 5) is 8.70. The van der Waals surface area contributed by atoms with Crippen molar-refractivity contribution in [3.63, 3.8) is 0 Å². The summed E-state index contributed by atoms with van der Waals surface area (Å²) in [5.74, 6) is 0.666. The molecule has 4 nitrogen and oxygen atoms in total. The number of thioether (sulfide) groups is 1. The lowest BCUT2D eigenvalue weighted by molar-refractivity contribution is 0.0571. The first-order chi connectivity index (χ1) is 9.67. The molecule has 0 spiro atoms. The molecule has 0 radical (unpaired) electrons. The molecule has 1 N–H and O–H groups in total. The first-order valence-corrected chi connectivity index (χ1v) is 7.91. The third-order valence-electron chi connectivity index (χ3n) is 3.52. The number of aromatic nitrogens is 3. The SMILES string of the molecule is CCC(O)(CC)CSc1nccn1Cc1ccccn1. The van der Waals surface area contributed by atoms with Gasteiger partial charge in [-0.15, -0.1) is 0 Å². The van der Waals surface area contributed by atoms with Crippen molar-refractivity contribution in [2.75, 3.05) is 5.75 Å². The van der Waals surface area contributed by atoms with Gasteiger partial charge in [0.05, 0.1) is 17.8 Å². The fourth-order valence-electron chi connectivity index (χ4n) is 1.88. The summed E-state index contributed by atoms with van der Waals surface area (Å²) in [6.07, 6.45) is 7.07. The van der Waals surface area contributed by atoms with E-state index in [1.165, 1.54) is 0 Å². The second-order valence-corrected chi connectivity index (χ2v) is 5.82. The molecule has 0 fully saturated rings. The van der Waals surface area contributed by atoms with E-state index in [4.69, 9.17) is 0 Å². The van der Waals surface area contributed by atoms with E-state index in [2.05, 4.69) is 14.5 Å². The van der Waals surface area contributed by atoms with Crippen LogP contribution in [0.15, 0.2) is 41.9 Å². The lowest BCUT2D eigenvalue weighted by Gasteiger charge is -2.24. The van der Waals surface area contributed by atoms with Crippen molar-refractivity contribution < 1.29 is 5.11 Å². The van der Waals surface area contributed by atoms with Gasteiger partial charge in [0, 0.05) is 24.3 Å². The maximum Gasteiger partial charge on any atom is 0.168 e. The average Bonchev–Trinajstić information content (AvgIpc) is 2.93. The van der Waals surface area contributed by atoms with Crippen molar-refractivity contribution in [1.29, 1.82) is 0 Å². The van der Waals surface area contributed by atoms with Gasteiger partial charge in [-0.3, -0.25) is 4.98 Å². The van der Waals surface area contributed by atoms with E-state index >= 15 is 0 Å².